The van der Waals surface area contributed by atoms with Gasteiger partial charge in [-0.25, -0.2) is 4.79 Å². The van der Waals surface area contributed by atoms with Gasteiger partial charge in [-0.1, -0.05) is 30.3 Å². The van der Waals surface area contributed by atoms with Gasteiger partial charge in [-0.2, -0.15) is 0 Å². The summed E-state index contributed by atoms with van der Waals surface area (Å²) in [6.45, 7) is 3.57. The lowest BCUT2D eigenvalue weighted by atomic mass is 9.91. The SMILES string of the molecule is COC(=O)C(O)C1CCN(Cc2ccn(Cc3ccccc3)c2)CC1. The van der Waals surface area contributed by atoms with Crippen molar-refractivity contribution in [2.24, 2.45) is 5.92 Å². The Balaban J connectivity index is 1.49. The maximum absolute atomic E-state index is 11.4. The summed E-state index contributed by atoms with van der Waals surface area (Å²) in [5, 5.41) is 9.97. The molecule has 1 aliphatic heterocycles. The van der Waals surface area contributed by atoms with Gasteiger partial charge in [-0.3, -0.25) is 4.90 Å². The van der Waals surface area contributed by atoms with E-state index in [1.165, 1.54) is 18.2 Å². The van der Waals surface area contributed by atoms with Gasteiger partial charge >= 0.3 is 5.97 Å². The van der Waals surface area contributed by atoms with Crippen LogP contribution in [0.5, 0.6) is 0 Å². The minimum atomic E-state index is -0.987. The number of benzene rings is 1. The maximum Gasteiger partial charge on any atom is 0.334 e. The number of piperidine rings is 1. The summed E-state index contributed by atoms with van der Waals surface area (Å²) in [4.78, 5) is 13.8. The van der Waals surface area contributed by atoms with E-state index in [0.717, 1.165) is 39.0 Å². The summed E-state index contributed by atoms with van der Waals surface area (Å²) >= 11 is 0. The number of hydrogen-bond donors (Lipinski definition) is 1. The quantitative estimate of drug-likeness (QED) is 0.819. The van der Waals surface area contributed by atoms with E-state index in [-0.39, 0.29) is 5.92 Å². The van der Waals surface area contributed by atoms with E-state index in [1.807, 2.05) is 6.07 Å². The Hall–Kier alpha value is -2.11. The van der Waals surface area contributed by atoms with Crippen LogP contribution in [0.1, 0.15) is 24.0 Å². The van der Waals surface area contributed by atoms with Gasteiger partial charge < -0.3 is 14.4 Å². The number of esters is 1. The minimum absolute atomic E-state index is 0.00591. The Morgan fingerprint density at radius 2 is 1.88 bits per heavy atom. The molecule has 1 atom stereocenters. The Bertz CT molecular complexity index is 675. The third-order valence-electron chi connectivity index (χ3n) is 4.95. The van der Waals surface area contributed by atoms with Crippen LogP contribution in [0.15, 0.2) is 48.8 Å². The molecule has 134 valence electrons. The van der Waals surface area contributed by atoms with Crippen molar-refractivity contribution in [3.05, 3.63) is 59.9 Å². The van der Waals surface area contributed by atoms with Crippen LogP contribution >= 0.6 is 0 Å². The molecule has 2 aromatic rings. The van der Waals surface area contributed by atoms with E-state index in [9.17, 15) is 9.90 Å². The molecule has 1 saturated heterocycles. The number of carbonyl (C=O) groups is 1. The van der Waals surface area contributed by atoms with Crippen molar-refractivity contribution in [2.75, 3.05) is 20.2 Å². The summed E-state index contributed by atoms with van der Waals surface area (Å²) < 4.78 is 6.84. The van der Waals surface area contributed by atoms with Crippen molar-refractivity contribution < 1.29 is 14.6 Å². The summed E-state index contributed by atoms with van der Waals surface area (Å²) in [6.07, 6.45) is 4.97. The molecular formula is C20H26N2O3. The fourth-order valence-corrected chi connectivity index (χ4v) is 3.47. The number of aliphatic hydroxyl groups is 1. The lowest BCUT2D eigenvalue weighted by Gasteiger charge is -2.33. The van der Waals surface area contributed by atoms with Crippen molar-refractivity contribution in [3.8, 4) is 0 Å². The first-order valence-corrected chi connectivity index (χ1v) is 8.82. The predicted octanol–water partition coefficient (Wildman–Crippen LogP) is 2.28. The second-order valence-corrected chi connectivity index (χ2v) is 6.76. The topological polar surface area (TPSA) is 54.7 Å². The van der Waals surface area contributed by atoms with Gasteiger partial charge in [0, 0.05) is 25.5 Å². The van der Waals surface area contributed by atoms with E-state index in [4.69, 9.17) is 0 Å². The van der Waals surface area contributed by atoms with Gasteiger partial charge in [-0.15, -0.1) is 0 Å². The number of nitrogens with zero attached hydrogens (tertiary/aromatic N) is 2. The zero-order valence-corrected chi connectivity index (χ0v) is 14.7. The van der Waals surface area contributed by atoms with E-state index < -0.39 is 12.1 Å². The van der Waals surface area contributed by atoms with E-state index >= 15 is 0 Å². The summed E-state index contributed by atoms with van der Waals surface area (Å²) in [5.74, 6) is -0.511. The first-order valence-electron chi connectivity index (χ1n) is 8.82. The second-order valence-electron chi connectivity index (χ2n) is 6.76. The fourth-order valence-electron chi connectivity index (χ4n) is 3.47. The van der Waals surface area contributed by atoms with Crippen LogP contribution < -0.4 is 0 Å². The third kappa shape index (κ3) is 4.71. The highest BCUT2D eigenvalue weighted by molar-refractivity contribution is 5.74. The smallest absolute Gasteiger partial charge is 0.334 e. The lowest BCUT2D eigenvalue weighted by Crippen LogP contribution is -2.40. The number of rotatable bonds is 6. The van der Waals surface area contributed by atoms with Crippen molar-refractivity contribution in [1.29, 1.82) is 0 Å². The molecule has 0 spiro atoms. The third-order valence-corrected chi connectivity index (χ3v) is 4.95. The van der Waals surface area contributed by atoms with Gasteiger partial charge in [0.05, 0.1) is 7.11 Å². The molecule has 1 unspecified atom stereocenters. The largest absolute Gasteiger partial charge is 0.467 e. The number of carbonyl (C=O) groups excluding carboxylic acids is 1. The van der Waals surface area contributed by atoms with Crippen molar-refractivity contribution >= 4 is 5.97 Å². The number of hydrogen-bond acceptors (Lipinski definition) is 4. The first-order chi connectivity index (χ1) is 12.2. The number of aliphatic hydroxyl groups excluding tert-OH is 1. The molecule has 1 fully saturated rings. The number of aromatic nitrogens is 1. The predicted molar refractivity (Wildman–Crippen MR) is 96.0 cm³/mol. The summed E-state index contributed by atoms with van der Waals surface area (Å²) in [6, 6.07) is 12.6. The van der Waals surface area contributed by atoms with Crippen LogP contribution in [0.25, 0.3) is 0 Å². The van der Waals surface area contributed by atoms with Crippen molar-refractivity contribution in [2.45, 2.75) is 32.0 Å². The average Bonchev–Trinajstić information content (AvgIpc) is 3.08. The second kappa shape index (κ2) is 8.32. The van der Waals surface area contributed by atoms with Crippen LogP contribution in [-0.2, 0) is 22.6 Å². The highest BCUT2D eigenvalue weighted by Gasteiger charge is 2.30. The molecule has 5 heteroatoms. The molecule has 0 saturated carbocycles. The lowest BCUT2D eigenvalue weighted by molar-refractivity contribution is -0.154. The average molecular weight is 342 g/mol. The summed E-state index contributed by atoms with van der Waals surface area (Å²) in [7, 11) is 1.32. The van der Waals surface area contributed by atoms with Crippen LogP contribution in [0.2, 0.25) is 0 Å². The molecule has 1 aliphatic rings. The van der Waals surface area contributed by atoms with Gasteiger partial charge in [0.15, 0.2) is 6.10 Å². The van der Waals surface area contributed by atoms with Crippen molar-refractivity contribution in [3.63, 3.8) is 0 Å². The fraction of sp³-hybridized carbons (Fsp3) is 0.450. The van der Waals surface area contributed by atoms with E-state index in [0.29, 0.717) is 0 Å². The van der Waals surface area contributed by atoms with E-state index in [2.05, 4.69) is 56.9 Å². The van der Waals surface area contributed by atoms with Gasteiger partial charge in [0.1, 0.15) is 0 Å². The maximum atomic E-state index is 11.4. The van der Waals surface area contributed by atoms with Crippen molar-refractivity contribution in [1.82, 2.24) is 9.47 Å². The Morgan fingerprint density at radius 3 is 2.56 bits per heavy atom. The van der Waals surface area contributed by atoms with Gasteiger partial charge in [0.25, 0.3) is 0 Å². The Labute approximate surface area is 148 Å². The van der Waals surface area contributed by atoms with Gasteiger partial charge in [-0.05, 0) is 49.0 Å². The van der Waals surface area contributed by atoms with Crippen LogP contribution in [0, 0.1) is 5.92 Å². The Morgan fingerprint density at radius 1 is 1.16 bits per heavy atom. The zero-order valence-electron chi connectivity index (χ0n) is 14.7. The zero-order chi connectivity index (χ0) is 17.6. The molecule has 1 N–H and O–H groups in total. The standard InChI is InChI=1S/C20H26N2O3/c1-25-20(24)19(23)18-8-11-21(12-9-18)14-17-7-10-22(15-17)13-16-5-3-2-4-6-16/h2-7,10,15,18-19,23H,8-9,11-14H2,1H3. The normalized spacial score (nSPS) is 17.4. The highest BCUT2D eigenvalue weighted by Crippen LogP contribution is 2.23. The molecule has 25 heavy (non-hydrogen) atoms. The number of methoxy groups -OCH3 is 1. The molecular weight excluding hydrogens is 316 g/mol. The van der Waals surface area contributed by atoms with Crippen LogP contribution in [-0.4, -0.2) is 46.8 Å². The Kier molecular flexibility index (Phi) is 5.89. The minimum Gasteiger partial charge on any atom is -0.467 e. The molecule has 0 aliphatic carbocycles. The van der Waals surface area contributed by atoms with Crippen LogP contribution in [0.4, 0.5) is 0 Å². The molecule has 0 amide bonds. The monoisotopic (exact) mass is 342 g/mol. The molecule has 1 aromatic carbocycles. The van der Waals surface area contributed by atoms with E-state index in [1.54, 1.807) is 0 Å². The van der Waals surface area contributed by atoms with Crippen LogP contribution in [0.3, 0.4) is 0 Å². The molecule has 1 aromatic heterocycles. The molecule has 0 radical (unpaired) electrons. The molecule has 0 bridgehead atoms. The number of likely N-dealkylation sites (tertiary alicyclic amines) is 1. The first kappa shape index (κ1) is 17.7. The molecule has 3 rings (SSSR count). The highest BCUT2D eigenvalue weighted by atomic mass is 16.5. The molecule has 5 nitrogen and oxygen atoms in total. The molecule has 2 heterocycles. The number of ether oxygens (including phenoxy) is 1. The summed E-state index contributed by atoms with van der Waals surface area (Å²) in [5.41, 5.74) is 2.59. The van der Waals surface area contributed by atoms with Gasteiger partial charge in [0.2, 0.25) is 0 Å².